The predicted octanol–water partition coefficient (Wildman–Crippen LogP) is 3.55. The van der Waals surface area contributed by atoms with E-state index in [9.17, 15) is 16.8 Å². The molecule has 0 aliphatic heterocycles. The zero-order valence-corrected chi connectivity index (χ0v) is 16.8. The van der Waals surface area contributed by atoms with Gasteiger partial charge in [0.25, 0.3) is 0 Å². The van der Waals surface area contributed by atoms with Crippen LogP contribution in [0.4, 0.5) is 0 Å². The van der Waals surface area contributed by atoms with Crippen molar-refractivity contribution in [2.75, 3.05) is 6.26 Å². The zero-order valence-electron chi connectivity index (χ0n) is 12.8. The highest BCUT2D eigenvalue weighted by Crippen LogP contribution is 2.26. The third-order valence-electron chi connectivity index (χ3n) is 3.32. The first-order valence-electron chi connectivity index (χ1n) is 6.78. The summed E-state index contributed by atoms with van der Waals surface area (Å²) in [5.74, 6) is 0. The summed E-state index contributed by atoms with van der Waals surface area (Å²) >= 11 is 9.22. The Labute approximate surface area is 155 Å². The first-order chi connectivity index (χ1) is 11.0. The lowest BCUT2D eigenvalue weighted by atomic mass is 10.1. The second-order valence-corrected chi connectivity index (χ2v) is 10.3. The van der Waals surface area contributed by atoms with Crippen LogP contribution in [0.5, 0.6) is 0 Å². The van der Waals surface area contributed by atoms with E-state index in [-0.39, 0.29) is 14.8 Å². The molecule has 0 bridgehead atoms. The van der Waals surface area contributed by atoms with Crippen molar-refractivity contribution < 1.29 is 16.8 Å². The van der Waals surface area contributed by atoms with E-state index in [0.717, 1.165) is 6.26 Å². The average Bonchev–Trinajstić information content (AvgIpc) is 2.45. The third kappa shape index (κ3) is 4.58. The van der Waals surface area contributed by atoms with Crippen LogP contribution in [0.1, 0.15) is 18.5 Å². The van der Waals surface area contributed by atoms with Gasteiger partial charge in [0.05, 0.1) is 9.92 Å². The van der Waals surface area contributed by atoms with Crippen LogP contribution in [0.3, 0.4) is 0 Å². The fraction of sp³-hybridized carbons (Fsp3) is 0.200. The fourth-order valence-electron chi connectivity index (χ4n) is 2.06. The van der Waals surface area contributed by atoms with Gasteiger partial charge >= 0.3 is 0 Å². The molecule has 0 radical (unpaired) electrons. The van der Waals surface area contributed by atoms with Crippen LogP contribution in [0.25, 0.3) is 0 Å². The second-order valence-electron chi connectivity index (χ2n) is 5.26. The minimum Gasteiger partial charge on any atom is -0.224 e. The molecule has 0 unspecified atom stereocenters. The molecule has 1 N–H and O–H groups in total. The minimum absolute atomic E-state index is 0.0213. The van der Waals surface area contributed by atoms with E-state index in [1.165, 1.54) is 24.3 Å². The highest BCUT2D eigenvalue weighted by atomic mass is 79.9. The van der Waals surface area contributed by atoms with E-state index in [1.807, 2.05) is 0 Å². The van der Waals surface area contributed by atoms with Gasteiger partial charge in [-0.25, -0.2) is 21.6 Å². The maximum Gasteiger partial charge on any atom is 0.242 e. The number of nitrogens with one attached hydrogen (secondary N) is 1. The largest absolute Gasteiger partial charge is 0.242 e. The Kier molecular flexibility index (Phi) is 5.76. The predicted molar refractivity (Wildman–Crippen MR) is 97.4 cm³/mol. The molecule has 24 heavy (non-hydrogen) atoms. The van der Waals surface area contributed by atoms with Crippen molar-refractivity contribution in [3.05, 3.63) is 57.5 Å². The van der Waals surface area contributed by atoms with Crippen molar-refractivity contribution in [2.24, 2.45) is 0 Å². The van der Waals surface area contributed by atoms with Gasteiger partial charge in [0.15, 0.2) is 9.84 Å². The molecule has 0 spiro atoms. The molecular weight excluding hydrogens is 438 g/mol. The Hall–Kier alpha value is -0.930. The van der Waals surface area contributed by atoms with Crippen molar-refractivity contribution in [2.45, 2.75) is 22.8 Å². The smallest absolute Gasteiger partial charge is 0.224 e. The van der Waals surface area contributed by atoms with E-state index in [1.54, 1.807) is 25.1 Å². The molecule has 0 aliphatic rings. The number of benzene rings is 2. The summed E-state index contributed by atoms with van der Waals surface area (Å²) in [6.07, 6.45) is 1.11. The lowest BCUT2D eigenvalue weighted by Gasteiger charge is -2.16. The molecule has 2 rings (SSSR count). The summed E-state index contributed by atoms with van der Waals surface area (Å²) in [7, 11) is -7.11. The van der Waals surface area contributed by atoms with Crippen LogP contribution in [0.2, 0.25) is 5.02 Å². The molecule has 0 aliphatic carbocycles. The molecule has 9 heteroatoms. The quantitative estimate of drug-likeness (QED) is 0.752. The second kappa shape index (κ2) is 7.13. The highest BCUT2D eigenvalue weighted by molar-refractivity contribution is 9.10. The van der Waals surface area contributed by atoms with Crippen LogP contribution in [0.15, 0.2) is 56.7 Å². The number of rotatable bonds is 5. The van der Waals surface area contributed by atoms with Crippen LogP contribution >= 0.6 is 27.5 Å². The molecule has 0 aromatic heterocycles. The Morgan fingerprint density at radius 2 is 1.62 bits per heavy atom. The molecule has 2 aromatic carbocycles. The topological polar surface area (TPSA) is 80.3 Å². The SMILES string of the molecule is C[C@@H](NS(=O)(=O)c1ccc(Br)cc1Cl)c1ccc(S(C)(=O)=O)cc1. The normalized spacial score (nSPS) is 13.7. The molecule has 1 atom stereocenters. The van der Waals surface area contributed by atoms with E-state index >= 15 is 0 Å². The van der Waals surface area contributed by atoms with Crippen molar-refractivity contribution in [1.82, 2.24) is 4.72 Å². The number of hydrogen-bond acceptors (Lipinski definition) is 4. The maximum absolute atomic E-state index is 12.5. The van der Waals surface area contributed by atoms with Crippen molar-refractivity contribution in [1.29, 1.82) is 0 Å². The Morgan fingerprint density at radius 3 is 2.12 bits per heavy atom. The van der Waals surface area contributed by atoms with Crippen LogP contribution in [-0.4, -0.2) is 23.1 Å². The summed E-state index contributed by atoms with van der Waals surface area (Å²) in [6, 6.07) is 9.99. The van der Waals surface area contributed by atoms with Gasteiger partial charge in [-0.2, -0.15) is 0 Å². The van der Waals surface area contributed by atoms with Crippen LogP contribution in [-0.2, 0) is 19.9 Å². The monoisotopic (exact) mass is 451 g/mol. The Morgan fingerprint density at radius 1 is 1.04 bits per heavy atom. The minimum atomic E-state index is -3.81. The number of sulfonamides is 1. The summed E-state index contributed by atoms with van der Waals surface area (Å²) in [5, 5.41) is 0.108. The van der Waals surface area contributed by atoms with Gasteiger partial charge in [-0.1, -0.05) is 39.7 Å². The van der Waals surface area contributed by atoms with E-state index in [0.29, 0.717) is 10.0 Å². The molecule has 0 heterocycles. The first kappa shape index (κ1) is 19.4. The summed E-state index contributed by atoms with van der Waals surface area (Å²) in [4.78, 5) is 0.157. The lowest BCUT2D eigenvalue weighted by molar-refractivity contribution is 0.566. The summed E-state index contributed by atoms with van der Waals surface area (Å²) < 4.78 is 51.1. The number of sulfone groups is 1. The van der Waals surface area contributed by atoms with Gasteiger partial charge in [0.1, 0.15) is 4.90 Å². The molecular formula is C15H15BrClNO4S2. The fourth-order valence-corrected chi connectivity index (χ4v) is 4.96. The molecule has 0 saturated heterocycles. The first-order valence-corrected chi connectivity index (χ1v) is 11.3. The van der Waals surface area contributed by atoms with E-state index in [2.05, 4.69) is 20.7 Å². The molecule has 0 fully saturated rings. The standard InChI is InChI=1S/C15H15BrClNO4S2/c1-10(11-3-6-13(7-4-11)23(2,19)20)18-24(21,22)15-8-5-12(16)9-14(15)17/h3-10,18H,1-2H3/t10-/m1/s1. The molecule has 0 saturated carbocycles. The van der Waals surface area contributed by atoms with E-state index in [4.69, 9.17) is 11.6 Å². The van der Waals surface area contributed by atoms with E-state index < -0.39 is 25.9 Å². The van der Waals surface area contributed by atoms with Crippen molar-refractivity contribution in [3.8, 4) is 0 Å². The van der Waals surface area contributed by atoms with Crippen LogP contribution in [0, 0.1) is 0 Å². The van der Waals surface area contributed by atoms with Gasteiger partial charge in [-0.3, -0.25) is 0 Å². The highest BCUT2D eigenvalue weighted by Gasteiger charge is 2.21. The van der Waals surface area contributed by atoms with Crippen molar-refractivity contribution >= 4 is 47.4 Å². The lowest BCUT2D eigenvalue weighted by Crippen LogP contribution is -2.27. The average molecular weight is 453 g/mol. The zero-order chi connectivity index (χ0) is 18.1. The number of hydrogen-bond donors (Lipinski definition) is 1. The van der Waals surface area contributed by atoms with Gasteiger partial charge < -0.3 is 0 Å². The van der Waals surface area contributed by atoms with Gasteiger partial charge in [0, 0.05) is 16.8 Å². The molecule has 130 valence electrons. The number of halogens is 2. The molecule has 2 aromatic rings. The molecule has 5 nitrogen and oxygen atoms in total. The Bertz CT molecular complexity index is 957. The summed E-state index contributed by atoms with van der Waals surface area (Å²) in [5.41, 5.74) is 0.638. The van der Waals surface area contributed by atoms with Gasteiger partial charge in [0.2, 0.25) is 10.0 Å². The third-order valence-corrected chi connectivity index (χ3v) is 6.97. The van der Waals surface area contributed by atoms with Crippen molar-refractivity contribution in [3.63, 3.8) is 0 Å². The van der Waals surface area contributed by atoms with Crippen LogP contribution < -0.4 is 4.72 Å². The van der Waals surface area contributed by atoms with Gasteiger partial charge in [-0.15, -0.1) is 0 Å². The summed E-state index contributed by atoms with van der Waals surface area (Å²) in [6.45, 7) is 1.67. The molecule has 0 amide bonds. The van der Waals surface area contributed by atoms with Gasteiger partial charge in [-0.05, 0) is 42.8 Å². The maximum atomic E-state index is 12.5. The Balaban J connectivity index is 2.26.